The first-order chi connectivity index (χ1) is 16.3. The summed E-state index contributed by atoms with van der Waals surface area (Å²) in [5.74, 6) is -1.64. The number of carbonyl (C=O) groups is 4. The van der Waals surface area contributed by atoms with Gasteiger partial charge in [-0.2, -0.15) is 0 Å². The first-order valence-electron chi connectivity index (χ1n) is 11.6. The summed E-state index contributed by atoms with van der Waals surface area (Å²) in [5.41, 5.74) is 0.968. The highest BCUT2D eigenvalue weighted by molar-refractivity contribution is 6.34. The Morgan fingerprint density at radius 2 is 1.76 bits per heavy atom. The molecule has 2 heterocycles. The van der Waals surface area contributed by atoms with Crippen molar-refractivity contribution in [3.63, 3.8) is 0 Å². The molecule has 2 aliphatic heterocycles. The van der Waals surface area contributed by atoms with E-state index in [9.17, 15) is 19.2 Å². The molecule has 3 aliphatic rings. The smallest absolute Gasteiger partial charge is 0.316 e. The molecule has 0 spiro atoms. The van der Waals surface area contributed by atoms with Gasteiger partial charge in [0.15, 0.2) is 0 Å². The van der Waals surface area contributed by atoms with Crippen LogP contribution in [0.5, 0.6) is 5.75 Å². The maximum Gasteiger partial charge on any atom is 0.316 e. The number of halogens is 1. The number of esters is 1. The molecule has 0 unspecified atom stereocenters. The molecule has 0 bridgehead atoms. The molecular weight excluding hydrogens is 456 g/mol. The number of benzene rings is 2. The standard InChI is InChI=1S/C26H25ClN2O5/c1-15-9-10-19-20(11-15)25(32)29(24(19)31)17-5-4-6-18(13-17)34-26(33)16-12-23(30)28(14-16)22-8-3-2-7-21(22)27/h2-8,13,15-16,19-20H,9-12,14H2,1H3/t15-,16-,19+,20+/m1/s1. The third-order valence-electron chi connectivity index (χ3n) is 7.08. The number of anilines is 2. The predicted molar refractivity (Wildman–Crippen MR) is 126 cm³/mol. The zero-order valence-electron chi connectivity index (χ0n) is 18.8. The first-order valence-corrected chi connectivity index (χ1v) is 12.0. The summed E-state index contributed by atoms with van der Waals surface area (Å²) in [7, 11) is 0. The number of nitrogens with zero attached hydrogens (tertiary/aromatic N) is 2. The van der Waals surface area contributed by atoms with Crippen molar-refractivity contribution in [2.45, 2.75) is 32.6 Å². The third-order valence-corrected chi connectivity index (χ3v) is 7.40. The van der Waals surface area contributed by atoms with Gasteiger partial charge in [-0.15, -0.1) is 0 Å². The molecule has 2 aromatic carbocycles. The molecular formula is C26H25ClN2O5. The first kappa shape index (κ1) is 22.6. The van der Waals surface area contributed by atoms with Crippen LogP contribution in [-0.4, -0.2) is 30.2 Å². The van der Waals surface area contributed by atoms with E-state index in [0.29, 0.717) is 22.3 Å². The molecule has 34 heavy (non-hydrogen) atoms. The highest BCUT2D eigenvalue weighted by atomic mass is 35.5. The van der Waals surface area contributed by atoms with Gasteiger partial charge >= 0.3 is 5.97 Å². The summed E-state index contributed by atoms with van der Waals surface area (Å²) in [4.78, 5) is 54.1. The Morgan fingerprint density at radius 1 is 1.00 bits per heavy atom. The van der Waals surface area contributed by atoms with E-state index in [1.807, 2.05) is 0 Å². The number of imide groups is 1. The van der Waals surface area contributed by atoms with Gasteiger partial charge in [-0.1, -0.05) is 36.7 Å². The maximum absolute atomic E-state index is 13.0. The topological polar surface area (TPSA) is 84.0 Å². The Balaban J connectivity index is 1.30. The average Bonchev–Trinajstić information content (AvgIpc) is 3.31. The fraction of sp³-hybridized carbons (Fsp3) is 0.385. The fourth-order valence-electron chi connectivity index (χ4n) is 5.30. The van der Waals surface area contributed by atoms with Gasteiger partial charge in [0.25, 0.3) is 0 Å². The molecule has 0 N–H and O–H groups in total. The van der Waals surface area contributed by atoms with E-state index in [2.05, 4.69) is 6.92 Å². The molecule has 0 radical (unpaired) electrons. The van der Waals surface area contributed by atoms with Gasteiger partial charge in [0.2, 0.25) is 17.7 Å². The van der Waals surface area contributed by atoms with E-state index in [4.69, 9.17) is 16.3 Å². The van der Waals surface area contributed by atoms with E-state index in [0.717, 1.165) is 19.3 Å². The largest absolute Gasteiger partial charge is 0.426 e. The van der Waals surface area contributed by atoms with Gasteiger partial charge in [0.1, 0.15) is 5.75 Å². The quantitative estimate of drug-likeness (QED) is 0.371. The lowest BCUT2D eigenvalue weighted by atomic mass is 9.76. The van der Waals surface area contributed by atoms with Crippen LogP contribution < -0.4 is 14.5 Å². The normalized spacial score (nSPS) is 26.7. The van der Waals surface area contributed by atoms with Gasteiger partial charge < -0.3 is 9.64 Å². The van der Waals surface area contributed by atoms with Crippen LogP contribution in [0.15, 0.2) is 48.5 Å². The summed E-state index contributed by atoms with van der Waals surface area (Å²) in [6.07, 6.45) is 2.41. The molecule has 5 rings (SSSR count). The number of carbonyl (C=O) groups excluding carboxylic acids is 4. The molecule has 3 amide bonds. The zero-order valence-corrected chi connectivity index (χ0v) is 19.5. The lowest BCUT2D eigenvalue weighted by Crippen LogP contribution is -2.31. The van der Waals surface area contributed by atoms with Crippen LogP contribution >= 0.6 is 11.6 Å². The Morgan fingerprint density at radius 3 is 2.56 bits per heavy atom. The Kier molecular flexibility index (Phi) is 5.90. The summed E-state index contributed by atoms with van der Waals surface area (Å²) >= 11 is 6.21. The van der Waals surface area contributed by atoms with E-state index >= 15 is 0 Å². The van der Waals surface area contributed by atoms with Gasteiger partial charge in [0, 0.05) is 19.0 Å². The minimum atomic E-state index is -0.646. The second kappa shape index (κ2) is 8.87. The van der Waals surface area contributed by atoms with E-state index in [-0.39, 0.29) is 48.3 Å². The average molecular weight is 481 g/mol. The highest BCUT2D eigenvalue weighted by Gasteiger charge is 2.50. The number of hydrogen-bond donors (Lipinski definition) is 0. The second-order valence-electron chi connectivity index (χ2n) is 9.42. The van der Waals surface area contributed by atoms with E-state index in [1.54, 1.807) is 42.5 Å². The number of hydrogen-bond acceptors (Lipinski definition) is 5. The third kappa shape index (κ3) is 3.98. The Labute approximate surface area is 202 Å². The summed E-state index contributed by atoms with van der Waals surface area (Å²) < 4.78 is 5.57. The van der Waals surface area contributed by atoms with Gasteiger partial charge in [-0.05, 0) is 49.4 Å². The molecule has 176 valence electrons. The molecule has 0 aromatic heterocycles. The number of amides is 3. The maximum atomic E-state index is 13.0. The van der Waals surface area contributed by atoms with E-state index < -0.39 is 11.9 Å². The molecule has 7 nitrogen and oxygen atoms in total. The lowest BCUT2D eigenvalue weighted by Gasteiger charge is -2.25. The van der Waals surface area contributed by atoms with Crippen LogP contribution in [0.25, 0.3) is 0 Å². The molecule has 4 atom stereocenters. The molecule has 1 saturated carbocycles. The summed E-state index contributed by atoms with van der Waals surface area (Å²) in [6.45, 7) is 2.28. The number of ether oxygens (including phenoxy) is 1. The van der Waals surface area contributed by atoms with Crippen LogP contribution in [0.1, 0.15) is 32.6 Å². The Hall–Kier alpha value is -3.19. The number of rotatable bonds is 4. The minimum absolute atomic E-state index is 0.0222. The van der Waals surface area contributed by atoms with Crippen molar-refractivity contribution < 1.29 is 23.9 Å². The highest BCUT2D eigenvalue weighted by Crippen LogP contribution is 2.42. The molecule has 2 saturated heterocycles. The predicted octanol–water partition coefficient (Wildman–Crippen LogP) is 4.22. The van der Waals surface area contributed by atoms with Crippen molar-refractivity contribution in [3.8, 4) is 5.75 Å². The summed E-state index contributed by atoms with van der Waals surface area (Å²) in [6, 6.07) is 13.4. The number of para-hydroxylation sites is 1. The fourth-order valence-corrected chi connectivity index (χ4v) is 5.54. The lowest BCUT2D eigenvalue weighted by molar-refractivity contribution is -0.139. The van der Waals surface area contributed by atoms with Crippen molar-refractivity contribution in [2.24, 2.45) is 23.7 Å². The molecule has 8 heteroatoms. The van der Waals surface area contributed by atoms with Crippen molar-refractivity contribution in [1.82, 2.24) is 0 Å². The van der Waals surface area contributed by atoms with Crippen LogP contribution in [0.4, 0.5) is 11.4 Å². The van der Waals surface area contributed by atoms with Gasteiger partial charge in [-0.25, -0.2) is 4.90 Å². The van der Waals surface area contributed by atoms with Crippen LogP contribution in [-0.2, 0) is 19.2 Å². The monoisotopic (exact) mass is 480 g/mol. The SMILES string of the molecule is C[C@@H]1CC[C@@H]2C(=O)N(c3cccc(OC(=O)[C@@H]4CC(=O)N(c5ccccc5Cl)C4)c3)C(=O)[C@H]2C1. The molecule has 2 aromatic rings. The van der Waals surface area contributed by atoms with E-state index in [1.165, 1.54) is 15.9 Å². The van der Waals surface area contributed by atoms with Crippen molar-refractivity contribution >= 4 is 46.7 Å². The van der Waals surface area contributed by atoms with Gasteiger partial charge in [-0.3, -0.25) is 19.2 Å². The minimum Gasteiger partial charge on any atom is -0.426 e. The second-order valence-corrected chi connectivity index (χ2v) is 9.83. The summed E-state index contributed by atoms with van der Waals surface area (Å²) in [5, 5.41) is 0.437. The van der Waals surface area contributed by atoms with Crippen molar-refractivity contribution in [3.05, 3.63) is 53.6 Å². The van der Waals surface area contributed by atoms with Crippen molar-refractivity contribution in [1.29, 1.82) is 0 Å². The Bertz CT molecular complexity index is 1180. The van der Waals surface area contributed by atoms with Crippen molar-refractivity contribution in [2.75, 3.05) is 16.3 Å². The van der Waals surface area contributed by atoms with Gasteiger partial charge in [0.05, 0.1) is 34.2 Å². The van der Waals surface area contributed by atoms with Crippen LogP contribution in [0.3, 0.4) is 0 Å². The molecule has 3 fully saturated rings. The number of fused-ring (bicyclic) bond motifs is 1. The zero-order chi connectivity index (χ0) is 24.0. The van der Waals surface area contributed by atoms with Crippen LogP contribution in [0.2, 0.25) is 5.02 Å². The van der Waals surface area contributed by atoms with Crippen LogP contribution in [0, 0.1) is 23.7 Å². The molecule has 1 aliphatic carbocycles.